The molecular formula is C16H18N4O2. The van der Waals surface area contributed by atoms with Gasteiger partial charge in [0.1, 0.15) is 6.61 Å². The first-order valence-electron chi connectivity index (χ1n) is 6.66. The van der Waals surface area contributed by atoms with Crippen LogP contribution in [0.1, 0.15) is 11.1 Å². The maximum Gasteiger partial charge on any atom is 0.211 e. The van der Waals surface area contributed by atoms with Gasteiger partial charge in [-0.1, -0.05) is 30.3 Å². The fourth-order valence-electron chi connectivity index (χ4n) is 1.78. The van der Waals surface area contributed by atoms with E-state index < -0.39 is 0 Å². The van der Waals surface area contributed by atoms with Gasteiger partial charge in [-0.2, -0.15) is 5.10 Å². The number of ether oxygens (including phenoxy) is 2. The lowest BCUT2D eigenvalue weighted by molar-refractivity contribution is 0.284. The van der Waals surface area contributed by atoms with Gasteiger partial charge in [0, 0.05) is 0 Å². The lowest BCUT2D eigenvalue weighted by atomic mass is 10.2. The zero-order chi connectivity index (χ0) is 15.8. The van der Waals surface area contributed by atoms with Crippen LogP contribution in [0.5, 0.6) is 11.5 Å². The number of hydrogen-bond donors (Lipinski definition) is 2. The fourth-order valence-corrected chi connectivity index (χ4v) is 1.78. The van der Waals surface area contributed by atoms with Gasteiger partial charge in [-0.25, -0.2) is 0 Å². The Balaban J connectivity index is 2.09. The van der Waals surface area contributed by atoms with Gasteiger partial charge in [0.05, 0.1) is 13.3 Å². The molecule has 0 bridgehead atoms. The van der Waals surface area contributed by atoms with Crippen molar-refractivity contribution < 1.29 is 9.47 Å². The first kappa shape index (κ1) is 15.4. The Hall–Kier alpha value is -3.02. The van der Waals surface area contributed by atoms with Crippen molar-refractivity contribution in [3.05, 3.63) is 59.7 Å². The van der Waals surface area contributed by atoms with Gasteiger partial charge in [-0.15, -0.1) is 5.10 Å². The SMILES string of the molecule is COc1cc(/C=N/N=C(N)N)ccc1OCc1ccccc1. The lowest BCUT2D eigenvalue weighted by Gasteiger charge is -2.11. The molecule has 0 aromatic heterocycles. The fraction of sp³-hybridized carbons (Fsp3) is 0.125. The summed E-state index contributed by atoms with van der Waals surface area (Å²) in [6.07, 6.45) is 1.53. The van der Waals surface area contributed by atoms with Gasteiger partial charge in [0.2, 0.25) is 5.96 Å². The van der Waals surface area contributed by atoms with Crippen LogP contribution in [0.4, 0.5) is 0 Å². The summed E-state index contributed by atoms with van der Waals surface area (Å²) in [5, 5.41) is 7.30. The third-order valence-corrected chi connectivity index (χ3v) is 2.80. The summed E-state index contributed by atoms with van der Waals surface area (Å²) in [7, 11) is 1.58. The van der Waals surface area contributed by atoms with Crippen molar-refractivity contribution in [2.75, 3.05) is 7.11 Å². The van der Waals surface area contributed by atoms with Crippen molar-refractivity contribution in [2.45, 2.75) is 6.61 Å². The number of hydrogen-bond acceptors (Lipinski definition) is 4. The molecule has 0 saturated heterocycles. The first-order valence-corrected chi connectivity index (χ1v) is 6.66. The molecular weight excluding hydrogens is 280 g/mol. The quantitative estimate of drug-likeness (QED) is 0.483. The molecule has 0 spiro atoms. The Kier molecular flexibility index (Phi) is 5.37. The van der Waals surface area contributed by atoms with Gasteiger partial charge in [-0.3, -0.25) is 0 Å². The topological polar surface area (TPSA) is 95.2 Å². The van der Waals surface area contributed by atoms with Crippen LogP contribution in [0.15, 0.2) is 58.7 Å². The summed E-state index contributed by atoms with van der Waals surface area (Å²) in [6.45, 7) is 0.471. The molecule has 0 saturated carbocycles. The van der Waals surface area contributed by atoms with E-state index >= 15 is 0 Å². The van der Waals surface area contributed by atoms with Crippen LogP contribution in [0.2, 0.25) is 0 Å². The van der Waals surface area contributed by atoms with Crippen molar-refractivity contribution >= 4 is 12.2 Å². The molecule has 0 fully saturated rings. The van der Waals surface area contributed by atoms with E-state index in [-0.39, 0.29) is 5.96 Å². The third kappa shape index (κ3) is 4.52. The third-order valence-electron chi connectivity index (χ3n) is 2.80. The highest BCUT2D eigenvalue weighted by molar-refractivity contribution is 5.82. The van der Waals surface area contributed by atoms with Crippen molar-refractivity contribution in [3.8, 4) is 11.5 Å². The second-order valence-corrected chi connectivity index (χ2v) is 4.45. The summed E-state index contributed by atoms with van der Waals surface area (Å²) in [5.41, 5.74) is 12.3. The van der Waals surface area contributed by atoms with Crippen molar-refractivity contribution in [3.63, 3.8) is 0 Å². The maximum atomic E-state index is 5.77. The summed E-state index contributed by atoms with van der Waals surface area (Å²) >= 11 is 0. The zero-order valence-electron chi connectivity index (χ0n) is 12.3. The Morgan fingerprint density at radius 2 is 1.86 bits per heavy atom. The normalized spacial score (nSPS) is 10.4. The number of methoxy groups -OCH3 is 1. The van der Waals surface area contributed by atoms with Crippen LogP contribution >= 0.6 is 0 Å². The minimum absolute atomic E-state index is 0.0916. The molecule has 0 heterocycles. The highest BCUT2D eigenvalue weighted by atomic mass is 16.5. The number of rotatable bonds is 6. The molecule has 4 N–H and O–H groups in total. The Morgan fingerprint density at radius 1 is 1.09 bits per heavy atom. The Bertz CT molecular complexity index is 665. The monoisotopic (exact) mass is 298 g/mol. The van der Waals surface area contributed by atoms with E-state index in [0.29, 0.717) is 18.1 Å². The summed E-state index contributed by atoms with van der Waals surface area (Å²) in [6, 6.07) is 15.4. The van der Waals surface area contributed by atoms with Gasteiger partial charge in [0.25, 0.3) is 0 Å². The molecule has 0 aliphatic rings. The van der Waals surface area contributed by atoms with Crippen molar-refractivity contribution in [2.24, 2.45) is 21.7 Å². The van der Waals surface area contributed by atoms with Gasteiger partial charge >= 0.3 is 0 Å². The molecule has 2 rings (SSSR count). The van der Waals surface area contributed by atoms with Gasteiger partial charge in [-0.05, 0) is 29.3 Å². The van der Waals surface area contributed by atoms with Gasteiger partial charge in [0.15, 0.2) is 11.5 Å². The number of nitrogens with two attached hydrogens (primary N) is 2. The number of benzene rings is 2. The van der Waals surface area contributed by atoms with E-state index in [1.54, 1.807) is 13.2 Å². The van der Waals surface area contributed by atoms with Crippen LogP contribution in [0.3, 0.4) is 0 Å². The minimum atomic E-state index is -0.0916. The Labute approximate surface area is 129 Å². The number of guanidine groups is 1. The summed E-state index contributed by atoms with van der Waals surface area (Å²) in [5.74, 6) is 1.18. The summed E-state index contributed by atoms with van der Waals surface area (Å²) in [4.78, 5) is 0. The average molecular weight is 298 g/mol. The second-order valence-electron chi connectivity index (χ2n) is 4.45. The number of nitrogens with zero attached hydrogens (tertiary/aromatic N) is 2. The first-order chi connectivity index (χ1) is 10.7. The van der Waals surface area contributed by atoms with Crippen molar-refractivity contribution in [1.82, 2.24) is 0 Å². The predicted molar refractivity (Wildman–Crippen MR) is 87.2 cm³/mol. The van der Waals surface area contributed by atoms with E-state index in [4.69, 9.17) is 20.9 Å². The molecule has 0 aliphatic carbocycles. The predicted octanol–water partition coefficient (Wildman–Crippen LogP) is 1.88. The molecule has 0 radical (unpaired) electrons. The highest BCUT2D eigenvalue weighted by Gasteiger charge is 2.05. The second kappa shape index (κ2) is 7.68. The molecule has 0 aliphatic heterocycles. The highest BCUT2D eigenvalue weighted by Crippen LogP contribution is 2.28. The van der Waals surface area contributed by atoms with Crippen LogP contribution in [0.25, 0.3) is 0 Å². The maximum absolute atomic E-state index is 5.77. The molecule has 0 unspecified atom stereocenters. The van der Waals surface area contributed by atoms with Crippen LogP contribution in [0, 0.1) is 0 Å². The van der Waals surface area contributed by atoms with Crippen LogP contribution in [-0.4, -0.2) is 19.3 Å². The van der Waals surface area contributed by atoms with Crippen LogP contribution < -0.4 is 20.9 Å². The molecule has 6 heteroatoms. The standard InChI is InChI=1S/C16H18N4O2/c1-21-15-9-13(10-19-20-16(17)18)7-8-14(15)22-11-12-5-3-2-4-6-12/h2-10H,11H2,1H3,(H4,17,18,20)/b19-10+. The van der Waals surface area contributed by atoms with E-state index in [1.165, 1.54) is 6.21 Å². The zero-order valence-corrected chi connectivity index (χ0v) is 12.3. The molecule has 22 heavy (non-hydrogen) atoms. The molecule has 2 aromatic carbocycles. The van der Waals surface area contributed by atoms with Crippen molar-refractivity contribution in [1.29, 1.82) is 0 Å². The van der Waals surface area contributed by atoms with Crippen LogP contribution in [-0.2, 0) is 6.61 Å². The lowest BCUT2D eigenvalue weighted by Crippen LogP contribution is -2.21. The molecule has 6 nitrogen and oxygen atoms in total. The van der Waals surface area contributed by atoms with Gasteiger partial charge < -0.3 is 20.9 Å². The van der Waals surface area contributed by atoms with E-state index in [1.807, 2.05) is 42.5 Å². The van der Waals surface area contributed by atoms with E-state index in [9.17, 15) is 0 Å². The van der Waals surface area contributed by atoms with E-state index in [0.717, 1.165) is 11.1 Å². The smallest absolute Gasteiger partial charge is 0.211 e. The Morgan fingerprint density at radius 3 is 2.55 bits per heavy atom. The molecule has 2 aromatic rings. The summed E-state index contributed by atoms with van der Waals surface area (Å²) < 4.78 is 11.1. The largest absolute Gasteiger partial charge is 0.493 e. The molecule has 0 amide bonds. The van der Waals surface area contributed by atoms with E-state index in [2.05, 4.69) is 10.2 Å². The molecule has 0 atom stereocenters. The molecule has 114 valence electrons. The average Bonchev–Trinajstić information content (AvgIpc) is 2.54. The minimum Gasteiger partial charge on any atom is -0.493 e.